The number of aromatic nitrogens is 2. The SMILES string of the molecule is CCc1nc(Cc2ccc(Cl)cc2Cl)[nH]c(=O)c1I. The molecule has 0 unspecified atom stereocenters. The van der Waals surface area contributed by atoms with E-state index in [4.69, 9.17) is 23.2 Å². The number of benzene rings is 1. The number of aryl methyl sites for hydroxylation is 1. The molecule has 0 aliphatic heterocycles. The third-order valence-corrected chi connectivity index (χ3v) is 4.39. The van der Waals surface area contributed by atoms with Crippen LogP contribution in [0.3, 0.4) is 0 Å². The second kappa shape index (κ2) is 6.24. The normalized spacial score (nSPS) is 10.7. The van der Waals surface area contributed by atoms with Crippen LogP contribution in [0.4, 0.5) is 0 Å². The smallest absolute Gasteiger partial charge is 0.264 e. The van der Waals surface area contributed by atoms with Crippen molar-refractivity contribution in [3.05, 3.63) is 59.3 Å². The molecule has 0 aliphatic rings. The predicted octanol–water partition coefficient (Wildman–Crippen LogP) is 3.83. The van der Waals surface area contributed by atoms with Gasteiger partial charge in [-0.05, 0) is 46.7 Å². The van der Waals surface area contributed by atoms with E-state index >= 15 is 0 Å². The fourth-order valence-corrected chi connectivity index (χ4v) is 2.83. The summed E-state index contributed by atoms with van der Waals surface area (Å²) in [6, 6.07) is 5.30. The van der Waals surface area contributed by atoms with Crippen LogP contribution in [0.1, 0.15) is 24.0 Å². The maximum Gasteiger partial charge on any atom is 0.264 e. The van der Waals surface area contributed by atoms with Crippen molar-refractivity contribution >= 4 is 45.8 Å². The lowest BCUT2D eigenvalue weighted by Crippen LogP contribution is -2.18. The molecule has 0 saturated heterocycles. The molecule has 0 aliphatic carbocycles. The average Bonchev–Trinajstić information content (AvgIpc) is 2.37. The summed E-state index contributed by atoms with van der Waals surface area (Å²) in [7, 11) is 0. The first kappa shape index (κ1) is 14.8. The Balaban J connectivity index is 2.38. The molecule has 1 aromatic heterocycles. The van der Waals surface area contributed by atoms with Gasteiger partial charge in [0.25, 0.3) is 5.56 Å². The molecule has 0 saturated carbocycles. The zero-order valence-electron chi connectivity index (χ0n) is 10.1. The fourth-order valence-electron chi connectivity index (χ4n) is 1.72. The molecule has 1 N–H and O–H groups in total. The topological polar surface area (TPSA) is 45.8 Å². The van der Waals surface area contributed by atoms with Gasteiger partial charge in [-0.3, -0.25) is 4.79 Å². The molecule has 0 amide bonds. The summed E-state index contributed by atoms with van der Waals surface area (Å²) in [4.78, 5) is 19.0. The van der Waals surface area contributed by atoms with Crippen molar-refractivity contribution < 1.29 is 0 Å². The molecule has 19 heavy (non-hydrogen) atoms. The molecule has 1 aromatic carbocycles. The molecule has 2 aromatic rings. The second-order valence-electron chi connectivity index (χ2n) is 4.04. The summed E-state index contributed by atoms with van der Waals surface area (Å²) in [6.07, 6.45) is 1.21. The Labute approximate surface area is 134 Å². The van der Waals surface area contributed by atoms with Gasteiger partial charge in [0.1, 0.15) is 5.82 Å². The van der Waals surface area contributed by atoms with Gasteiger partial charge >= 0.3 is 0 Å². The van der Waals surface area contributed by atoms with Crippen LogP contribution in [0.2, 0.25) is 10.0 Å². The van der Waals surface area contributed by atoms with Crippen LogP contribution in [0.15, 0.2) is 23.0 Å². The van der Waals surface area contributed by atoms with Crippen molar-refractivity contribution in [3.8, 4) is 0 Å². The number of H-pyrrole nitrogens is 1. The maximum absolute atomic E-state index is 11.8. The van der Waals surface area contributed by atoms with E-state index in [-0.39, 0.29) is 5.56 Å². The lowest BCUT2D eigenvalue weighted by molar-refractivity contribution is 0.876. The minimum atomic E-state index is -0.104. The highest BCUT2D eigenvalue weighted by atomic mass is 127. The second-order valence-corrected chi connectivity index (χ2v) is 5.96. The summed E-state index contributed by atoms with van der Waals surface area (Å²) in [5, 5.41) is 1.17. The Hall–Kier alpha value is -0.590. The van der Waals surface area contributed by atoms with Crippen molar-refractivity contribution in [2.75, 3.05) is 0 Å². The van der Waals surface area contributed by atoms with Crippen LogP contribution in [0.25, 0.3) is 0 Å². The standard InChI is InChI=1S/C13H11Cl2IN2O/c1-2-10-12(16)13(19)18-11(17-10)5-7-3-4-8(14)6-9(7)15/h3-4,6H,2,5H2,1H3,(H,17,18,19). The number of halogens is 3. The van der Waals surface area contributed by atoms with Crippen LogP contribution >= 0.6 is 45.8 Å². The maximum atomic E-state index is 11.8. The zero-order chi connectivity index (χ0) is 14.0. The molecule has 100 valence electrons. The van der Waals surface area contributed by atoms with Gasteiger partial charge in [0.15, 0.2) is 0 Å². The highest BCUT2D eigenvalue weighted by Gasteiger charge is 2.09. The number of hydrogen-bond donors (Lipinski definition) is 1. The van der Waals surface area contributed by atoms with Crippen LogP contribution in [0.5, 0.6) is 0 Å². The van der Waals surface area contributed by atoms with Crippen molar-refractivity contribution in [3.63, 3.8) is 0 Å². The van der Waals surface area contributed by atoms with E-state index in [0.717, 1.165) is 17.7 Å². The van der Waals surface area contributed by atoms with Gasteiger partial charge in [-0.1, -0.05) is 36.2 Å². The monoisotopic (exact) mass is 408 g/mol. The minimum absolute atomic E-state index is 0.104. The number of aromatic amines is 1. The number of nitrogens with one attached hydrogen (secondary N) is 1. The minimum Gasteiger partial charge on any atom is -0.309 e. The van der Waals surface area contributed by atoms with Gasteiger partial charge < -0.3 is 4.98 Å². The van der Waals surface area contributed by atoms with Crippen LogP contribution in [0, 0.1) is 3.57 Å². The third-order valence-electron chi connectivity index (χ3n) is 2.69. The highest BCUT2D eigenvalue weighted by molar-refractivity contribution is 14.1. The summed E-state index contributed by atoms with van der Waals surface area (Å²) < 4.78 is 0.644. The fraction of sp³-hybridized carbons (Fsp3) is 0.231. The summed E-state index contributed by atoms with van der Waals surface area (Å²) in [6.45, 7) is 1.98. The first-order valence-corrected chi connectivity index (χ1v) is 7.56. The van der Waals surface area contributed by atoms with E-state index in [9.17, 15) is 4.79 Å². The summed E-state index contributed by atoms with van der Waals surface area (Å²) in [5.41, 5.74) is 1.59. The number of hydrogen-bond acceptors (Lipinski definition) is 2. The van der Waals surface area contributed by atoms with Gasteiger partial charge in [-0.25, -0.2) is 4.98 Å². The van der Waals surface area contributed by atoms with E-state index < -0.39 is 0 Å². The third kappa shape index (κ3) is 3.49. The quantitative estimate of drug-likeness (QED) is 0.784. The molecule has 3 nitrogen and oxygen atoms in total. The van der Waals surface area contributed by atoms with Gasteiger partial charge in [-0.2, -0.15) is 0 Å². The Kier molecular flexibility index (Phi) is 4.86. The molecule has 0 atom stereocenters. The van der Waals surface area contributed by atoms with Gasteiger partial charge in [-0.15, -0.1) is 0 Å². The Bertz CT molecular complexity index is 670. The van der Waals surface area contributed by atoms with E-state index in [1.54, 1.807) is 12.1 Å². The molecule has 6 heteroatoms. The molecule has 0 bridgehead atoms. The Morgan fingerprint density at radius 2 is 2.11 bits per heavy atom. The van der Waals surface area contributed by atoms with E-state index in [1.165, 1.54) is 0 Å². The lowest BCUT2D eigenvalue weighted by atomic mass is 10.1. The summed E-state index contributed by atoms with van der Waals surface area (Å²) >= 11 is 14.0. The Morgan fingerprint density at radius 1 is 1.37 bits per heavy atom. The van der Waals surface area contributed by atoms with Crippen molar-refractivity contribution in [2.24, 2.45) is 0 Å². The number of nitrogens with zero attached hydrogens (tertiary/aromatic N) is 1. The highest BCUT2D eigenvalue weighted by Crippen LogP contribution is 2.22. The molecule has 1 heterocycles. The van der Waals surface area contributed by atoms with Crippen molar-refractivity contribution in [1.29, 1.82) is 0 Å². The zero-order valence-corrected chi connectivity index (χ0v) is 13.8. The predicted molar refractivity (Wildman–Crippen MR) is 86.2 cm³/mol. The molecule has 0 fully saturated rings. The lowest BCUT2D eigenvalue weighted by Gasteiger charge is -2.07. The van der Waals surface area contributed by atoms with Gasteiger partial charge in [0.05, 0.1) is 9.26 Å². The van der Waals surface area contributed by atoms with E-state index in [2.05, 4.69) is 9.97 Å². The molecule has 0 radical (unpaired) electrons. The number of rotatable bonds is 3. The van der Waals surface area contributed by atoms with E-state index in [1.807, 2.05) is 35.6 Å². The van der Waals surface area contributed by atoms with Crippen molar-refractivity contribution in [1.82, 2.24) is 9.97 Å². The molecular formula is C13H11Cl2IN2O. The molecule has 2 rings (SSSR count). The van der Waals surface area contributed by atoms with Gasteiger partial charge in [0.2, 0.25) is 0 Å². The largest absolute Gasteiger partial charge is 0.309 e. The van der Waals surface area contributed by atoms with Crippen LogP contribution in [-0.4, -0.2) is 9.97 Å². The van der Waals surface area contributed by atoms with Crippen LogP contribution in [-0.2, 0) is 12.8 Å². The van der Waals surface area contributed by atoms with Crippen molar-refractivity contribution in [2.45, 2.75) is 19.8 Å². The van der Waals surface area contributed by atoms with Gasteiger partial charge in [0, 0.05) is 16.5 Å². The summed E-state index contributed by atoms with van der Waals surface area (Å²) in [5.74, 6) is 0.617. The Morgan fingerprint density at radius 3 is 2.74 bits per heavy atom. The van der Waals surface area contributed by atoms with Crippen LogP contribution < -0.4 is 5.56 Å². The molecular weight excluding hydrogens is 398 g/mol. The first-order chi connectivity index (χ1) is 9.01. The first-order valence-electron chi connectivity index (χ1n) is 5.72. The average molecular weight is 409 g/mol. The molecule has 0 spiro atoms. The van der Waals surface area contributed by atoms with E-state index in [0.29, 0.717) is 25.9 Å².